The Morgan fingerprint density at radius 2 is 1.55 bits per heavy atom. The minimum atomic E-state index is -3.46. The van der Waals surface area contributed by atoms with E-state index in [0.29, 0.717) is 16.3 Å². The number of amides is 1. The summed E-state index contributed by atoms with van der Waals surface area (Å²) in [6.45, 7) is 0.210. The van der Waals surface area contributed by atoms with Crippen LogP contribution >= 0.6 is 11.6 Å². The number of rotatable bonds is 8. The second kappa shape index (κ2) is 9.58. The van der Waals surface area contributed by atoms with Crippen molar-refractivity contribution in [1.82, 2.24) is 5.32 Å². The molecule has 0 aliphatic rings. The zero-order chi connectivity index (χ0) is 20.7. The molecule has 0 atom stereocenters. The van der Waals surface area contributed by atoms with Gasteiger partial charge in [-0.25, -0.2) is 8.42 Å². The topological polar surface area (TPSA) is 72.5 Å². The van der Waals surface area contributed by atoms with E-state index in [1.54, 1.807) is 48.5 Å². The molecule has 7 heteroatoms. The summed E-state index contributed by atoms with van der Waals surface area (Å²) in [6, 6.07) is 22.3. The van der Waals surface area contributed by atoms with Crippen molar-refractivity contribution in [3.05, 3.63) is 95.0 Å². The summed E-state index contributed by atoms with van der Waals surface area (Å²) in [5, 5.41) is 3.23. The van der Waals surface area contributed by atoms with Gasteiger partial charge in [0.05, 0.1) is 16.2 Å². The number of carbonyl (C=O) groups is 1. The molecule has 0 saturated heterocycles. The molecule has 0 bridgehead atoms. The molecule has 1 amide bonds. The quantitative estimate of drug-likeness (QED) is 0.584. The lowest BCUT2D eigenvalue weighted by atomic mass is 10.2. The number of hydrogen-bond acceptors (Lipinski definition) is 4. The number of sulfone groups is 1. The molecule has 0 radical (unpaired) electrons. The molecular formula is C22H20ClNO4S. The number of nitrogens with one attached hydrogen (secondary N) is 1. The van der Waals surface area contributed by atoms with E-state index in [4.69, 9.17) is 16.3 Å². The van der Waals surface area contributed by atoms with Crippen LogP contribution in [-0.2, 0) is 16.4 Å². The second-order valence-electron chi connectivity index (χ2n) is 6.26. The van der Waals surface area contributed by atoms with E-state index in [9.17, 15) is 13.2 Å². The first-order valence-electron chi connectivity index (χ1n) is 8.98. The number of halogens is 1. The lowest BCUT2D eigenvalue weighted by Crippen LogP contribution is -2.29. The molecule has 1 N–H and O–H groups in total. The fourth-order valence-corrected chi connectivity index (χ4v) is 4.06. The molecule has 0 spiro atoms. The Morgan fingerprint density at radius 3 is 2.31 bits per heavy atom. The van der Waals surface area contributed by atoms with Crippen LogP contribution in [0, 0.1) is 0 Å². The molecule has 0 aromatic heterocycles. The van der Waals surface area contributed by atoms with Gasteiger partial charge < -0.3 is 10.1 Å². The maximum absolute atomic E-state index is 12.6. The van der Waals surface area contributed by atoms with Crippen LogP contribution in [0.25, 0.3) is 0 Å². The Morgan fingerprint density at radius 1 is 0.897 bits per heavy atom. The van der Waals surface area contributed by atoms with Gasteiger partial charge in [0.25, 0.3) is 5.91 Å². The van der Waals surface area contributed by atoms with Gasteiger partial charge in [0.1, 0.15) is 12.4 Å². The Kier molecular flexibility index (Phi) is 6.90. The zero-order valence-corrected chi connectivity index (χ0v) is 17.1. The third-order valence-electron chi connectivity index (χ3n) is 4.23. The van der Waals surface area contributed by atoms with Crippen molar-refractivity contribution < 1.29 is 17.9 Å². The number of hydrogen-bond donors (Lipinski definition) is 1. The predicted molar refractivity (Wildman–Crippen MR) is 113 cm³/mol. The highest BCUT2D eigenvalue weighted by atomic mass is 35.5. The fourth-order valence-electron chi connectivity index (χ4n) is 2.69. The molecule has 0 saturated carbocycles. The summed E-state index contributed by atoms with van der Waals surface area (Å²) in [5.74, 6) is -0.190. The Labute approximate surface area is 175 Å². The summed E-state index contributed by atoms with van der Waals surface area (Å²) in [4.78, 5) is 12.8. The van der Waals surface area contributed by atoms with Gasteiger partial charge in [-0.1, -0.05) is 60.1 Å². The maximum Gasteiger partial charge on any atom is 0.255 e. The van der Waals surface area contributed by atoms with Crippen LogP contribution in [0.2, 0.25) is 5.02 Å². The SMILES string of the molecule is O=C(NCCS(=O)(=O)c1ccccc1)c1ccccc1OCc1ccccc1Cl. The monoisotopic (exact) mass is 429 g/mol. The molecule has 3 aromatic rings. The maximum atomic E-state index is 12.6. The third-order valence-corrected chi connectivity index (χ3v) is 6.33. The highest BCUT2D eigenvalue weighted by Crippen LogP contribution is 2.22. The Hall–Kier alpha value is -2.83. The summed E-state index contributed by atoms with van der Waals surface area (Å²) < 4.78 is 30.4. The molecule has 5 nitrogen and oxygen atoms in total. The van der Waals surface area contributed by atoms with Gasteiger partial charge in [-0.3, -0.25) is 4.79 Å². The first-order valence-corrected chi connectivity index (χ1v) is 11.0. The number of benzene rings is 3. The molecule has 0 aliphatic heterocycles. The van der Waals surface area contributed by atoms with Crippen LogP contribution in [0.1, 0.15) is 15.9 Å². The van der Waals surface area contributed by atoms with Gasteiger partial charge in [-0.15, -0.1) is 0 Å². The lowest BCUT2D eigenvalue weighted by Gasteiger charge is -2.12. The molecule has 3 aromatic carbocycles. The smallest absolute Gasteiger partial charge is 0.255 e. The summed E-state index contributed by atoms with van der Waals surface area (Å²) in [6.07, 6.45) is 0. The average molecular weight is 430 g/mol. The Bertz CT molecular complexity index is 1080. The number of ether oxygens (including phenoxy) is 1. The fraction of sp³-hybridized carbons (Fsp3) is 0.136. The van der Waals surface area contributed by atoms with E-state index in [1.807, 2.05) is 18.2 Å². The van der Waals surface area contributed by atoms with Gasteiger partial charge in [0.15, 0.2) is 9.84 Å². The molecule has 3 rings (SSSR count). The van der Waals surface area contributed by atoms with Crippen LogP contribution in [0.3, 0.4) is 0 Å². The Balaban J connectivity index is 1.62. The minimum absolute atomic E-state index is 0.00505. The zero-order valence-electron chi connectivity index (χ0n) is 15.5. The second-order valence-corrected chi connectivity index (χ2v) is 8.78. The number of para-hydroxylation sites is 1. The molecule has 0 heterocycles. The van der Waals surface area contributed by atoms with Crippen molar-refractivity contribution in [2.24, 2.45) is 0 Å². The third kappa shape index (κ3) is 5.59. The lowest BCUT2D eigenvalue weighted by molar-refractivity contribution is 0.0951. The normalized spacial score (nSPS) is 11.1. The van der Waals surface area contributed by atoms with E-state index < -0.39 is 15.7 Å². The van der Waals surface area contributed by atoms with E-state index >= 15 is 0 Å². The van der Waals surface area contributed by atoms with Crippen LogP contribution in [0.4, 0.5) is 0 Å². The molecule has 0 fully saturated rings. The van der Waals surface area contributed by atoms with Gasteiger partial charge in [0.2, 0.25) is 0 Å². The molecular weight excluding hydrogens is 410 g/mol. The van der Waals surface area contributed by atoms with Crippen LogP contribution in [0.5, 0.6) is 5.75 Å². The van der Waals surface area contributed by atoms with Crippen molar-refractivity contribution in [1.29, 1.82) is 0 Å². The largest absolute Gasteiger partial charge is 0.488 e. The van der Waals surface area contributed by atoms with E-state index in [2.05, 4.69) is 5.32 Å². The van der Waals surface area contributed by atoms with Crippen molar-refractivity contribution >= 4 is 27.3 Å². The van der Waals surface area contributed by atoms with E-state index in [1.165, 1.54) is 12.1 Å². The van der Waals surface area contributed by atoms with Gasteiger partial charge in [-0.2, -0.15) is 0 Å². The van der Waals surface area contributed by atoms with Gasteiger partial charge in [-0.05, 0) is 30.3 Å². The first-order chi connectivity index (χ1) is 14.0. The van der Waals surface area contributed by atoms with Gasteiger partial charge in [0, 0.05) is 17.1 Å². The van der Waals surface area contributed by atoms with E-state index in [-0.39, 0.29) is 23.8 Å². The summed E-state index contributed by atoms with van der Waals surface area (Å²) >= 11 is 6.14. The van der Waals surface area contributed by atoms with Crippen LogP contribution in [-0.4, -0.2) is 26.6 Å². The molecule has 0 unspecified atom stereocenters. The molecule has 29 heavy (non-hydrogen) atoms. The van der Waals surface area contributed by atoms with Crippen LogP contribution < -0.4 is 10.1 Å². The summed E-state index contributed by atoms with van der Waals surface area (Å²) in [5.41, 5.74) is 1.13. The van der Waals surface area contributed by atoms with Crippen molar-refractivity contribution in [2.75, 3.05) is 12.3 Å². The standard InChI is InChI=1S/C22H20ClNO4S/c23-20-12-6-4-8-17(20)16-28-21-13-7-5-11-19(21)22(25)24-14-15-29(26,27)18-9-2-1-3-10-18/h1-13H,14-16H2,(H,24,25). The predicted octanol–water partition coefficient (Wildman–Crippen LogP) is 4.12. The highest BCUT2D eigenvalue weighted by molar-refractivity contribution is 7.91. The minimum Gasteiger partial charge on any atom is -0.488 e. The van der Waals surface area contributed by atoms with Crippen molar-refractivity contribution in [2.45, 2.75) is 11.5 Å². The van der Waals surface area contributed by atoms with E-state index in [0.717, 1.165) is 5.56 Å². The average Bonchev–Trinajstić information content (AvgIpc) is 2.74. The first kappa shape index (κ1) is 20.9. The summed E-state index contributed by atoms with van der Waals surface area (Å²) in [7, 11) is -3.46. The molecule has 150 valence electrons. The molecule has 0 aliphatic carbocycles. The van der Waals surface area contributed by atoms with Gasteiger partial charge >= 0.3 is 0 Å². The number of carbonyl (C=O) groups excluding carboxylic acids is 1. The van der Waals surface area contributed by atoms with Crippen molar-refractivity contribution in [3.63, 3.8) is 0 Å². The van der Waals surface area contributed by atoms with Crippen molar-refractivity contribution in [3.8, 4) is 5.75 Å². The van der Waals surface area contributed by atoms with Crippen LogP contribution in [0.15, 0.2) is 83.8 Å². The highest BCUT2D eigenvalue weighted by Gasteiger charge is 2.16.